The number of anilines is 2. The van der Waals surface area contributed by atoms with Gasteiger partial charge in [-0.25, -0.2) is 4.90 Å². The van der Waals surface area contributed by atoms with Crippen molar-refractivity contribution in [3.63, 3.8) is 0 Å². The van der Waals surface area contributed by atoms with Crippen molar-refractivity contribution in [3.05, 3.63) is 59.2 Å². The molecule has 0 saturated carbocycles. The van der Waals surface area contributed by atoms with Crippen LogP contribution in [0.15, 0.2) is 42.5 Å². The summed E-state index contributed by atoms with van der Waals surface area (Å²) in [6.07, 6.45) is 0.965. The third-order valence-corrected chi connectivity index (χ3v) is 4.69. The molecule has 0 aliphatic carbocycles. The van der Waals surface area contributed by atoms with Crippen LogP contribution in [0.2, 0.25) is 0 Å². The molecule has 1 saturated heterocycles. The monoisotopic (exact) mass is 322 g/mol. The molecule has 0 unspecified atom stereocenters. The maximum Gasteiger partial charge on any atom is 0.256 e. The molecule has 3 rings (SSSR count). The second kappa shape index (κ2) is 6.48. The predicted octanol–water partition coefficient (Wildman–Crippen LogP) is 3.61. The molecule has 1 heterocycles. The van der Waals surface area contributed by atoms with Gasteiger partial charge in [-0.05, 0) is 49.1 Å². The number of nitrogens with zero attached hydrogens (tertiary/aromatic N) is 1. The van der Waals surface area contributed by atoms with Crippen LogP contribution in [-0.2, 0) is 16.0 Å². The SMILES string of the molecule is CCc1ccccc1N1C(=O)C[C@H](Nc2cccc(C)c2C)C1=O. The molecule has 2 aromatic rings. The van der Waals surface area contributed by atoms with E-state index >= 15 is 0 Å². The zero-order chi connectivity index (χ0) is 17.3. The topological polar surface area (TPSA) is 49.4 Å². The summed E-state index contributed by atoms with van der Waals surface area (Å²) in [5.41, 5.74) is 4.88. The van der Waals surface area contributed by atoms with Gasteiger partial charge in [0.05, 0.1) is 12.1 Å². The molecule has 0 spiro atoms. The highest BCUT2D eigenvalue weighted by molar-refractivity contribution is 6.23. The van der Waals surface area contributed by atoms with E-state index in [1.807, 2.05) is 63.2 Å². The molecule has 1 atom stereocenters. The van der Waals surface area contributed by atoms with Gasteiger partial charge in [-0.2, -0.15) is 0 Å². The Morgan fingerprint density at radius 3 is 2.58 bits per heavy atom. The minimum Gasteiger partial charge on any atom is -0.373 e. The molecule has 1 aliphatic heterocycles. The highest BCUT2D eigenvalue weighted by Crippen LogP contribution is 2.29. The van der Waals surface area contributed by atoms with Crippen LogP contribution in [0.1, 0.15) is 30.0 Å². The Hall–Kier alpha value is -2.62. The Bertz CT molecular complexity index is 798. The van der Waals surface area contributed by atoms with Gasteiger partial charge >= 0.3 is 0 Å². The van der Waals surface area contributed by atoms with Gasteiger partial charge in [0, 0.05) is 5.69 Å². The number of carbonyl (C=O) groups excluding carboxylic acids is 2. The van der Waals surface area contributed by atoms with Crippen LogP contribution >= 0.6 is 0 Å². The van der Waals surface area contributed by atoms with Crippen LogP contribution in [0.25, 0.3) is 0 Å². The third-order valence-electron chi connectivity index (χ3n) is 4.69. The summed E-state index contributed by atoms with van der Waals surface area (Å²) in [6, 6.07) is 13.0. The lowest BCUT2D eigenvalue weighted by atomic mass is 10.1. The average Bonchev–Trinajstić information content (AvgIpc) is 2.85. The van der Waals surface area contributed by atoms with E-state index < -0.39 is 6.04 Å². The van der Waals surface area contributed by atoms with Crippen LogP contribution < -0.4 is 10.2 Å². The van der Waals surface area contributed by atoms with Crippen LogP contribution in [0, 0.1) is 13.8 Å². The molecule has 4 nitrogen and oxygen atoms in total. The summed E-state index contributed by atoms with van der Waals surface area (Å²) in [7, 11) is 0. The minimum absolute atomic E-state index is 0.149. The number of amides is 2. The number of imide groups is 1. The molecule has 0 radical (unpaired) electrons. The van der Waals surface area contributed by atoms with Gasteiger partial charge in [0.15, 0.2) is 0 Å². The molecule has 1 aliphatic rings. The summed E-state index contributed by atoms with van der Waals surface area (Å²) in [6.45, 7) is 6.07. The zero-order valence-corrected chi connectivity index (χ0v) is 14.3. The second-order valence-corrected chi connectivity index (χ2v) is 6.20. The molecular formula is C20H22N2O2. The van der Waals surface area contributed by atoms with Crippen LogP contribution in [-0.4, -0.2) is 17.9 Å². The third kappa shape index (κ3) is 2.80. The first-order valence-corrected chi connectivity index (χ1v) is 8.30. The van der Waals surface area contributed by atoms with Gasteiger partial charge in [0.2, 0.25) is 5.91 Å². The molecular weight excluding hydrogens is 300 g/mol. The molecule has 4 heteroatoms. The van der Waals surface area contributed by atoms with E-state index in [2.05, 4.69) is 5.32 Å². The molecule has 124 valence electrons. The summed E-state index contributed by atoms with van der Waals surface area (Å²) in [5, 5.41) is 3.26. The molecule has 2 amide bonds. The van der Waals surface area contributed by atoms with Crippen LogP contribution in [0.5, 0.6) is 0 Å². The Morgan fingerprint density at radius 2 is 1.83 bits per heavy atom. The summed E-state index contributed by atoms with van der Waals surface area (Å²) in [5.74, 6) is -0.328. The van der Waals surface area contributed by atoms with Gasteiger partial charge in [-0.3, -0.25) is 9.59 Å². The lowest BCUT2D eigenvalue weighted by molar-refractivity contribution is -0.121. The lowest BCUT2D eigenvalue weighted by Crippen LogP contribution is -2.35. The maximum atomic E-state index is 12.8. The summed E-state index contributed by atoms with van der Waals surface area (Å²) < 4.78 is 0. The van der Waals surface area contributed by atoms with Crippen molar-refractivity contribution in [2.75, 3.05) is 10.2 Å². The zero-order valence-electron chi connectivity index (χ0n) is 14.3. The second-order valence-electron chi connectivity index (χ2n) is 6.20. The molecule has 0 aromatic heterocycles. The number of carbonyl (C=O) groups is 2. The predicted molar refractivity (Wildman–Crippen MR) is 96.3 cm³/mol. The number of nitrogens with one attached hydrogen (secondary N) is 1. The van der Waals surface area contributed by atoms with Gasteiger partial charge < -0.3 is 5.32 Å². The molecule has 2 aromatic carbocycles. The van der Waals surface area contributed by atoms with Crippen molar-refractivity contribution >= 4 is 23.2 Å². The number of benzene rings is 2. The van der Waals surface area contributed by atoms with Crippen molar-refractivity contribution in [3.8, 4) is 0 Å². The van der Waals surface area contributed by atoms with E-state index in [1.54, 1.807) is 0 Å². The molecule has 0 bridgehead atoms. The van der Waals surface area contributed by atoms with Crippen molar-refractivity contribution in [1.29, 1.82) is 0 Å². The van der Waals surface area contributed by atoms with Crippen molar-refractivity contribution in [2.24, 2.45) is 0 Å². The first kappa shape index (κ1) is 16.2. The van der Waals surface area contributed by atoms with Gasteiger partial charge in [0.25, 0.3) is 5.91 Å². The normalized spacial score (nSPS) is 17.5. The summed E-state index contributed by atoms with van der Waals surface area (Å²) >= 11 is 0. The van der Waals surface area contributed by atoms with E-state index in [1.165, 1.54) is 4.90 Å². The molecule has 24 heavy (non-hydrogen) atoms. The van der Waals surface area contributed by atoms with E-state index in [-0.39, 0.29) is 18.2 Å². The largest absolute Gasteiger partial charge is 0.373 e. The summed E-state index contributed by atoms with van der Waals surface area (Å²) in [4.78, 5) is 26.6. The fraction of sp³-hybridized carbons (Fsp3) is 0.300. The standard InChI is InChI=1S/C20H22N2O2/c1-4-15-9-5-6-11-18(15)22-19(23)12-17(20(22)24)21-16-10-7-8-13(2)14(16)3/h5-11,17,21H,4,12H2,1-3H3/t17-/m0/s1. The van der Waals surface area contributed by atoms with Crippen molar-refractivity contribution in [1.82, 2.24) is 0 Å². The number of rotatable bonds is 4. The van der Waals surface area contributed by atoms with Crippen molar-refractivity contribution < 1.29 is 9.59 Å². The van der Waals surface area contributed by atoms with E-state index in [0.717, 1.165) is 28.8 Å². The fourth-order valence-electron chi connectivity index (χ4n) is 3.12. The van der Waals surface area contributed by atoms with Crippen LogP contribution in [0.3, 0.4) is 0 Å². The smallest absolute Gasteiger partial charge is 0.256 e. The fourth-order valence-corrected chi connectivity index (χ4v) is 3.12. The number of para-hydroxylation sites is 1. The van der Waals surface area contributed by atoms with E-state index in [4.69, 9.17) is 0 Å². The highest BCUT2D eigenvalue weighted by Gasteiger charge is 2.40. The quantitative estimate of drug-likeness (QED) is 0.875. The maximum absolute atomic E-state index is 12.8. The van der Waals surface area contributed by atoms with Crippen LogP contribution in [0.4, 0.5) is 11.4 Å². The van der Waals surface area contributed by atoms with E-state index in [9.17, 15) is 9.59 Å². The highest BCUT2D eigenvalue weighted by atomic mass is 16.2. The Labute approximate surface area is 142 Å². The molecule has 1 N–H and O–H groups in total. The minimum atomic E-state index is -0.511. The van der Waals surface area contributed by atoms with Gasteiger partial charge in [-0.15, -0.1) is 0 Å². The lowest BCUT2D eigenvalue weighted by Gasteiger charge is -2.19. The van der Waals surface area contributed by atoms with Gasteiger partial charge in [-0.1, -0.05) is 37.3 Å². The Kier molecular flexibility index (Phi) is 4.38. The van der Waals surface area contributed by atoms with E-state index in [0.29, 0.717) is 5.69 Å². The first-order chi connectivity index (χ1) is 11.5. The Balaban J connectivity index is 1.88. The number of hydrogen-bond acceptors (Lipinski definition) is 3. The first-order valence-electron chi connectivity index (χ1n) is 8.30. The van der Waals surface area contributed by atoms with Gasteiger partial charge in [0.1, 0.15) is 6.04 Å². The van der Waals surface area contributed by atoms with Crippen molar-refractivity contribution in [2.45, 2.75) is 39.7 Å². The molecule has 1 fully saturated rings. The average molecular weight is 322 g/mol. The Morgan fingerprint density at radius 1 is 1.08 bits per heavy atom. The number of aryl methyl sites for hydroxylation is 2. The number of hydrogen-bond donors (Lipinski definition) is 1.